The van der Waals surface area contributed by atoms with Crippen molar-refractivity contribution in [2.75, 3.05) is 13.1 Å². The molecule has 0 radical (unpaired) electrons. The lowest BCUT2D eigenvalue weighted by atomic mass is 10.1. The third-order valence-electron chi connectivity index (χ3n) is 3.00. The summed E-state index contributed by atoms with van der Waals surface area (Å²) in [7, 11) is 0. The van der Waals surface area contributed by atoms with Crippen LogP contribution in [0.4, 0.5) is 14.5 Å². The first kappa shape index (κ1) is 14.2. The standard InChI is InChI=1S/C13H17F2N5/c14-9-6-10(15)8-11(7-9)18-12(16)19-13(17)20-4-2-1-3-5-20/h6-8H,1-5H2,(H4,16,17,18,19). The molecule has 0 aliphatic carbocycles. The summed E-state index contributed by atoms with van der Waals surface area (Å²) in [6.07, 6.45) is 3.29. The Morgan fingerprint density at radius 3 is 2.20 bits per heavy atom. The fourth-order valence-corrected chi connectivity index (χ4v) is 2.07. The average molecular weight is 281 g/mol. The van der Waals surface area contributed by atoms with Crippen molar-refractivity contribution >= 4 is 17.6 Å². The topological polar surface area (TPSA) is 80.0 Å². The third kappa shape index (κ3) is 3.91. The highest BCUT2D eigenvalue weighted by atomic mass is 19.1. The zero-order valence-corrected chi connectivity index (χ0v) is 11.0. The Morgan fingerprint density at radius 1 is 1.00 bits per heavy atom. The molecular formula is C13H17F2N5. The summed E-state index contributed by atoms with van der Waals surface area (Å²) in [6.45, 7) is 1.66. The van der Waals surface area contributed by atoms with Crippen LogP contribution in [0.25, 0.3) is 0 Å². The summed E-state index contributed by atoms with van der Waals surface area (Å²) >= 11 is 0. The molecule has 4 N–H and O–H groups in total. The molecule has 0 atom stereocenters. The normalized spacial score (nSPS) is 17.4. The summed E-state index contributed by atoms with van der Waals surface area (Å²) in [5.74, 6) is -1.28. The zero-order valence-electron chi connectivity index (χ0n) is 11.0. The number of nitrogens with zero attached hydrogens (tertiary/aromatic N) is 3. The fraction of sp³-hybridized carbons (Fsp3) is 0.385. The Bertz CT molecular complexity index is 515. The molecule has 1 heterocycles. The predicted molar refractivity (Wildman–Crippen MR) is 74.7 cm³/mol. The number of halogens is 2. The van der Waals surface area contributed by atoms with Gasteiger partial charge in [0.15, 0.2) is 5.96 Å². The Labute approximate surface area is 116 Å². The van der Waals surface area contributed by atoms with Crippen molar-refractivity contribution in [3.05, 3.63) is 29.8 Å². The second-order valence-corrected chi connectivity index (χ2v) is 4.62. The molecule has 1 aromatic rings. The maximum atomic E-state index is 13.0. The lowest BCUT2D eigenvalue weighted by Gasteiger charge is -2.27. The van der Waals surface area contributed by atoms with Crippen molar-refractivity contribution in [1.82, 2.24) is 4.90 Å². The van der Waals surface area contributed by atoms with E-state index in [4.69, 9.17) is 11.5 Å². The van der Waals surface area contributed by atoms with Crippen LogP contribution in [-0.4, -0.2) is 29.9 Å². The van der Waals surface area contributed by atoms with Crippen molar-refractivity contribution in [3.8, 4) is 0 Å². The molecule has 108 valence electrons. The first-order valence-electron chi connectivity index (χ1n) is 6.44. The minimum absolute atomic E-state index is 0.0650. The van der Waals surface area contributed by atoms with E-state index in [-0.39, 0.29) is 17.6 Å². The zero-order chi connectivity index (χ0) is 14.5. The Balaban J connectivity index is 2.12. The molecule has 1 saturated heterocycles. The van der Waals surface area contributed by atoms with Gasteiger partial charge in [-0.2, -0.15) is 4.99 Å². The summed E-state index contributed by atoms with van der Waals surface area (Å²) < 4.78 is 26.0. The number of piperidine rings is 1. The second-order valence-electron chi connectivity index (χ2n) is 4.62. The highest BCUT2D eigenvalue weighted by molar-refractivity contribution is 5.94. The first-order chi connectivity index (χ1) is 9.54. The van der Waals surface area contributed by atoms with E-state index in [0.29, 0.717) is 0 Å². The molecular weight excluding hydrogens is 264 g/mol. The molecule has 20 heavy (non-hydrogen) atoms. The number of aliphatic imine (C=N–C) groups is 2. The monoisotopic (exact) mass is 281 g/mol. The highest BCUT2D eigenvalue weighted by Gasteiger charge is 2.12. The minimum atomic E-state index is -0.718. The van der Waals surface area contributed by atoms with Gasteiger partial charge in [0.1, 0.15) is 11.6 Å². The lowest BCUT2D eigenvalue weighted by Crippen LogP contribution is -2.41. The van der Waals surface area contributed by atoms with Gasteiger partial charge < -0.3 is 16.4 Å². The smallest absolute Gasteiger partial charge is 0.223 e. The number of nitrogens with two attached hydrogens (primary N) is 2. The van der Waals surface area contributed by atoms with Crippen LogP contribution >= 0.6 is 0 Å². The molecule has 1 aromatic carbocycles. The maximum Gasteiger partial charge on any atom is 0.223 e. The van der Waals surface area contributed by atoms with Crippen molar-refractivity contribution in [2.24, 2.45) is 21.5 Å². The molecule has 5 nitrogen and oxygen atoms in total. The van der Waals surface area contributed by atoms with Gasteiger partial charge in [-0.1, -0.05) is 0 Å². The van der Waals surface area contributed by atoms with Crippen LogP contribution in [0.2, 0.25) is 0 Å². The van der Waals surface area contributed by atoms with E-state index < -0.39 is 11.6 Å². The first-order valence-corrected chi connectivity index (χ1v) is 6.44. The summed E-state index contributed by atoms with van der Waals surface area (Å²) in [5, 5.41) is 0. The molecule has 1 aliphatic heterocycles. The molecule has 0 amide bonds. The quantitative estimate of drug-likeness (QED) is 0.607. The molecule has 1 fully saturated rings. The van der Waals surface area contributed by atoms with Crippen molar-refractivity contribution in [3.63, 3.8) is 0 Å². The van der Waals surface area contributed by atoms with E-state index in [1.54, 1.807) is 0 Å². The SMILES string of the molecule is NC(=Nc1cc(F)cc(F)c1)N=C(N)N1CCCCC1. The van der Waals surface area contributed by atoms with E-state index in [1.807, 2.05) is 4.90 Å². The summed E-state index contributed by atoms with van der Waals surface area (Å²) in [4.78, 5) is 9.71. The maximum absolute atomic E-state index is 13.0. The van der Waals surface area contributed by atoms with Gasteiger partial charge in [-0.05, 0) is 31.4 Å². The molecule has 0 aromatic heterocycles. The Kier molecular flexibility index (Phi) is 4.49. The largest absolute Gasteiger partial charge is 0.369 e. The summed E-state index contributed by atoms with van der Waals surface area (Å²) in [5.41, 5.74) is 11.5. The van der Waals surface area contributed by atoms with Gasteiger partial charge in [-0.15, -0.1) is 0 Å². The second kappa shape index (κ2) is 6.31. The summed E-state index contributed by atoms with van der Waals surface area (Å²) in [6, 6.07) is 2.91. The molecule has 0 spiro atoms. The van der Waals surface area contributed by atoms with E-state index >= 15 is 0 Å². The van der Waals surface area contributed by atoms with Crippen molar-refractivity contribution in [1.29, 1.82) is 0 Å². The van der Waals surface area contributed by atoms with E-state index in [9.17, 15) is 8.78 Å². The van der Waals surface area contributed by atoms with Gasteiger partial charge in [-0.25, -0.2) is 13.8 Å². The number of hydrogen-bond donors (Lipinski definition) is 2. The van der Waals surface area contributed by atoms with Crippen LogP contribution in [0, 0.1) is 11.6 Å². The van der Waals surface area contributed by atoms with Crippen LogP contribution in [0.1, 0.15) is 19.3 Å². The Hall–Kier alpha value is -2.18. The van der Waals surface area contributed by atoms with E-state index in [0.717, 1.165) is 44.1 Å². The lowest BCUT2D eigenvalue weighted by molar-refractivity contribution is 0.339. The van der Waals surface area contributed by atoms with Crippen LogP contribution in [0.15, 0.2) is 28.2 Å². The molecule has 7 heteroatoms. The Morgan fingerprint density at radius 2 is 1.60 bits per heavy atom. The molecule has 2 rings (SSSR count). The molecule has 0 bridgehead atoms. The van der Waals surface area contributed by atoms with E-state index in [2.05, 4.69) is 9.98 Å². The van der Waals surface area contributed by atoms with Crippen LogP contribution in [0.3, 0.4) is 0 Å². The number of hydrogen-bond acceptors (Lipinski definition) is 1. The predicted octanol–water partition coefficient (Wildman–Crippen LogP) is 1.71. The van der Waals surface area contributed by atoms with E-state index in [1.165, 1.54) is 6.42 Å². The van der Waals surface area contributed by atoms with Gasteiger partial charge in [-0.3, -0.25) is 0 Å². The van der Waals surface area contributed by atoms with Gasteiger partial charge in [0, 0.05) is 19.2 Å². The fourth-order valence-electron chi connectivity index (χ4n) is 2.07. The van der Waals surface area contributed by atoms with Gasteiger partial charge in [0.2, 0.25) is 5.96 Å². The minimum Gasteiger partial charge on any atom is -0.369 e. The van der Waals surface area contributed by atoms with Gasteiger partial charge >= 0.3 is 0 Å². The highest BCUT2D eigenvalue weighted by Crippen LogP contribution is 2.16. The van der Waals surface area contributed by atoms with Crippen molar-refractivity contribution < 1.29 is 8.78 Å². The molecule has 1 aliphatic rings. The third-order valence-corrected chi connectivity index (χ3v) is 3.00. The van der Waals surface area contributed by atoms with Crippen molar-refractivity contribution in [2.45, 2.75) is 19.3 Å². The number of rotatable bonds is 1. The van der Waals surface area contributed by atoms with Crippen LogP contribution in [-0.2, 0) is 0 Å². The number of likely N-dealkylation sites (tertiary alicyclic amines) is 1. The van der Waals surface area contributed by atoms with Gasteiger partial charge in [0.25, 0.3) is 0 Å². The molecule has 0 saturated carbocycles. The number of benzene rings is 1. The van der Waals surface area contributed by atoms with Gasteiger partial charge in [0.05, 0.1) is 5.69 Å². The van der Waals surface area contributed by atoms with Crippen LogP contribution in [0.5, 0.6) is 0 Å². The number of guanidine groups is 2. The molecule has 0 unspecified atom stereocenters. The average Bonchev–Trinajstić information content (AvgIpc) is 2.38. The van der Waals surface area contributed by atoms with Crippen LogP contribution < -0.4 is 11.5 Å².